The Morgan fingerprint density at radius 3 is 2.94 bits per heavy atom. The highest BCUT2D eigenvalue weighted by Crippen LogP contribution is 2.06. The second-order valence-corrected chi connectivity index (χ2v) is 3.93. The van der Waals surface area contributed by atoms with E-state index < -0.39 is 0 Å². The van der Waals surface area contributed by atoms with E-state index in [1.807, 2.05) is 29.7 Å². The van der Waals surface area contributed by atoms with Crippen molar-refractivity contribution in [2.24, 2.45) is 0 Å². The van der Waals surface area contributed by atoms with Crippen LogP contribution in [-0.2, 0) is 13.0 Å². The average molecular weight is 230 g/mol. The molecule has 4 heteroatoms. The Morgan fingerprint density at radius 1 is 1.41 bits per heavy atom. The van der Waals surface area contributed by atoms with Crippen LogP contribution in [0.2, 0.25) is 0 Å². The van der Waals surface area contributed by atoms with Gasteiger partial charge in [-0.05, 0) is 19.1 Å². The first-order valence-electron chi connectivity index (χ1n) is 5.47. The van der Waals surface area contributed by atoms with Crippen molar-refractivity contribution in [3.05, 3.63) is 58.3 Å². The van der Waals surface area contributed by atoms with Crippen molar-refractivity contribution in [1.29, 1.82) is 0 Å². The highest BCUT2D eigenvalue weighted by atomic mass is 16.3. The summed E-state index contributed by atoms with van der Waals surface area (Å²) in [5.41, 5.74) is 1.49. The summed E-state index contributed by atoms with van der Waals surface area (Å²) in [7, 11) is 0. The molecule has 4 nitrogen and oxygen atoms in total. The van der Waals surface area contributed by atoms with Crippen molar-refractivity contribution in [3.8, 4) is 5.75 Å². The molecule has 0 aliphatic rings. The maximum Gasteiger partial charge on any atom is 0.223 e. The van der Waals surface area contributed by atoms with Crippen molar-refractivity contribution >= 4 is 0 Å². The van der Waals surface area contributed by atoms with Crippen molar-refractivity contribution in [1.82, 2.24) is 9.55 Å². The van der Waals surface area contributed by atoms with Crippen LogP contribution in [0.15, 0.2) is 41.5 Å². The van der Waals surface area contributed by atoms with Crippen molar-refractivity contribution in [3.63, 3.8) is 0 Å². The first kappa shape index (κ1) is 11.4. The van der Waals surface area contributed by atoms with E-state index in [0.717, 1.165) is 17.8 Å². The zero-order chi connectivity index (χ0) is 12.3. The molecule has 0 radical (unpaired) electrons. The third-order valence-corrected chi connectivity index (χ3v) is 2.66. The summed E-state index contributed by atoms with van der Waals surface area (Å²) in [6.45, 7) is 2.54. The molecule has 2 aromatic rings. The molecule has 0 spiro atoms. The summed E-state index contributed by atoms with van der Waals surface area (Å²) in [5.74, 6) is -0.211. The van der Waals surface area contributed by atoms with Gasteiger partial charge in [0.25, 0.3) is 0 Å². The minimum absolute atomic E-state index is 0.211. The zero-order valence-corrected chi connectivity index (χ0v) is 9.63. The van der Waals surface area contributed by atoms with Gasteiger partial charge in [-0.15, -0.1) is 0 Å². The lowest BCUT2D eigenvalue weighted by molar-refractivity contribution is 0.458. The molecule has 0 atom stereocenters. The summed E-state index contributed by atoms with van der Waals surface area (Å²) in [4.78, 5) is 15.4. The number of aromatic hydroxyl groups is 1. The summed E-state index contributed by atoms with van der Waals surface area (Å²) in [6, 6.07) is 7.21. The third kappa shape index (κ3) is 2.72. The Hall–Kier alpha value is -2.10. The van der Waals surface area contributed by atoms with Crippen molar-refractivity contribution in [2.75, 3.05) is 0 Å². The third-order valence-electron chi connectivity index (χ3n) is 2.66. The Kier molecular flexibility index (Phi) is 3.23. The topological polar surface area (TPSA) is 55.1 Å². The van der Waals surface area contributed by atoms with Crippen molar-refractivity contribution in [2.45, 2.75) is 19.9 Å². The van der Waals surface area contributed by atoms with E-state index in [-0.39, 0.29) is 11.2 Å². The van der Waals surface area contributed by atoms with E-state index in [0.29, 0.717) is 6.54 Å². The molecule has 0 saturated carbocycles. The van der Waals surface area contributed by atoms with Crippen LogP contribution in [0.3, 0.4) is 0 Å². The van der Waals surface area contributed by atoms with Gasteiger partial charge in [0.15, 0.2) is 5.75 Å². The van der Waals surface area contributed by atoms with E-state index in [1.54, 1.807) is 6.20 Å². The molecule has 0 bridgehead atoms. The molecule has 1 N–H and O–H groups in total. The zero-order valence-electron chi connectivity index (χ0n) is 9.63. The number of aromatic nitrogens is 2. The number of pyridine rings is 2. The van der Waals surface area contributed by atoms with Gasteiger partial charge in [0.05, 0.1) is 6.20 Å². The first-order valence-corrected chi connectivity index (χ1v) is 5.47. The molecule has 0 amide bonds. The summed E-state index contributed by atoms with van der Waals surface area (Å²) in [5, 5.41) is 9.37. The maximum atomic E-state index is 11.2. The van der Waals surface area contributed by atoms with E-state index in [9.17, 15) is 9.90 Å². The van der Waals surface area contributed by atoms with E-state index in [2.05, 4.69) is 4.98 Å². The normalized spacial score (nSPS) is 10.4. The van der Waals surface area contributed by atoms with Crippen LogP contribution in [0.1, 0.15) is 11.4 Å². The van der Waals surface area contributed by atoms with E-state index >= 15 is 0 Å². The predicted molar refractivity (Wildman–Crippen MR) is 65.0 cm³/mol. The largest absolute Gasteiger partial charge is 0.503 e. The van der Waals surface area contributed by atoms with Crippen molar-refractivity contribution < 1.29 is 5.11 Å². The average Bonchev–Trinajstić information content (AvgIpc) is 2.33. The number of hydrogen-bond donors (Lipinski definition) is 1. The standard InChI is InChI=1S/C13H14N2O2/c1-10-8-12(16)13(17)9-15(10)7-5-11-4-2-3-6-14-11/h2-4,6,8-9,17H,5,7H2,1H3. The highest BCUT2D eigenvalue weighted by molar-refractivity contribution is 5.19. The monoisotopic (exact) mass is 230 g/mol. The predicted octanol–water partition coefficient (Wildman–Crippen LogP) is 1.50. The Morgan fingerprint density at radius 2 is 2.24 bits per heavy atom. The van der Waals surface area contributed by atoms with Crippen LogP contribution in [0.5, 0.6) is 5.75 Å². The van der Waals surface area contributed by atoms with E-state index in [1.165, 1.54) is 12.3 Å². The minimum atomic E-state index is -0.336. The molecular formula is C13H14N2O2. The Bertz CT molecular complexity index is 561. The van der Waals surface area contributed by atoms with Crippen LogP contribution < -0.4 is 5.43 Å². The van der Waals surface area contributed by atoms with Crippen LogP contribution in [0.4, 0.5) is 0 Å². The Balaban J connectivity index is 2.15. The maximum absolute atomic E-state index is 11.2. The summed E-state index contributed by atoms with van der Waals surface area (Å²) >= 11 is 0. The quantitative estimate of drug-likeness (QED) is 0.869. The van der Waals surface area contributed by atoms with Gasteiger partial charge in [-0.2, -0.15) is 0 Å². The molecule has 17 heavy (non-hydrogen) atoms. The van der Waals surface area contributed by atoms with Gasteiger partial charge in [-0.1, -0.05) is 6.07 Å². The summed E-state index contributed by atoms with van der Waals surface area (Å²) in [6.07, 6.45) is 4.00. The molecule has 0 fully saturated rings. The van der Waals surface area contributed by atoms with Gasteiger partial charge in [0.2, 0.25) is 5.43 Å². The van der Waals surface area contributed by atoms with Gasteiger partial charge in [-0.3, -0.25) is 9.78 Å². The minimum Gasteiger partial charge on any atom is -0.503 e. The lowest BCUT2D eigenvalue weighted by Gasteiger charge is -2.10. The fraction of sp³-hybridized carbons (Fsp3) is 0.231. The first-order chi connectivity index (χ1) is 8.16. The second kappa shape index (κ2) is 4.82. The number of hydrogen-bond acceptors (Lipinski definition) is 3. The summed E-state index contributed by atoms with van der Waals surface area (Å²) < 4.78 is 1.85. The molecule has 0 unspecified atom stereocenters. The fourth-order valence-corrected chi connectivity index (χ4v) is 1.68. The second-order valence-electron chi connectivity index (χ2n) is 3.93. The molecule has 2 aromatic heterocycles. The van der Waals surface area contributed by atoms with Crippen LogP contribution >= 0.6 is 0 Å². The van der Waals surface area contributed by atoms with Crippen LogP contribution in [0.25, 0.3) is 0 Å². The smallest absolute Gasteiger partial charge is 0.223 e. The van der Waals surface area contributed by atoms with Gasteiger partial charge >= 0.3 is 0 Å². The number of nitrogens with zero attached hydrogens (tertiary/aromatic N) is 2. The highest BCUT2D eigenvalue weighted by Gasteiger charge is 2.02. The number of rotatable bonds is 3. The molecular weight excluding hydrogens is 216 g/mol. The molecule has 2 heterocycles. The van der Waals surface area contributed by atoms with Crippen LogP contribution in [-0.4, -0.2) is 14.7 Å². The lowest BCUT2D eigenvalue weighted by atomic mass is 10.2. The van der Waals surface area contributed by atoms with Gasteiger partial charge in [0, 0.05) is 36.6 Å². The molecule has 0 aliphatic carbocycles. The van der Waals surface area contributed by atoms with Gasteiger partial charge < -0.3 is 9.67 Å². The number of aryl methyl sites for hydroxylation is 3. The van der Waals surface area contributed by atoms with Crippen LogP contribution in [0, 0.1) is 6.92 Å². The molecule has 0 saturated heterocycles. The lowest BCUT2D eigenvalue weighted by Crippen LogP contribution is -2.11. The van der Waals surface area contributed by atoms with E-state index in [4.69, 9.17) is 0 Å². The molecule has 88 valence electrons. The SMILES string of the molecule is Cc1cc(=O)c(O)cn1CCc1ccccn1. The molecule has 2 rings (SSSR count). The fourth-order valence-electron chi connectivity index (χ4n) is 1.68. The Labute approximate surface area is 99.2 Å². The molecule has 0 aliphatic heterocycles. The van der Waals surface area contributed by atoms with Gasteiger partial charge in [0.1, 0.15) is 0 Å². The molecule has 0 aromatic carbocycles. The van der Waals surface area contributed by atoms with Gasteiger partial charge in [-0.25, -0.2) is 0 Å².